The van der Waals surface area contributed by atoms with Crippen molar-refractivity contribution in [2.45, 2.75) is 6.61 Å². The van der Waals surface area contributed by atoms with Gasteiger partial charge in [0.2, 0.25) is 5.75 Å². The number of ether oxygens (including phenoxy) is 4. The molecule has 1 aliphatic rings. The average molecular weight is 418 g/mol. The Hall–Kier alpha value is -2.24. The summed E-state index contributed by atoms with van der Waals surface area (Å²) in [5, 5.41) is 7.48. The van der Waals surface area contributed by atoms with Crippen molar-refractivity contribution in [3.05, 3.63) is 17.7 Å². The number of morpholine rings is 1. The van der Waals surface area contributed by atoms with Crippen LogP contribution in [0.5, 0.6) is 17.2 Å². The number of halogens is 2. The summed E-state index contributed by atoms with van der Waals surface area (Å²) in [7, 11) is 2.69. The number of alkyl halides is 2. The molecule has 0 atom stereocenters. The molecule has 0 spiro atoms. The largest absolute Gasteiger partial charge is 0.493 e. The third kappa shape index (κ3) is 7.06. The Labute approximate surface area is 167 Å². The van der Waals surface area contributed by atoms with Crippen LogP contribution in [0.4, 0.5) is 8.78 Å². The molecule has 1 heterocycles. The monoisotopic (exact) mass is 418 g/mol. The summed E-state index contributed by atoms with van der Waals surface area (Å²) in [5.74, 6) is 0.0324. The summed E-state index contributed by atoms with van der Waals surface area (Å²) in [6.45, 7) is 1.87. The van der Waals surface area contributed by atoms with Crippen molar-refractivity contribution in [2.24, 2.45) is 5.10 Å². The van der Waals surface area contributed by atoms with E-state index >= 15 is 0 Å². The summed E-state index contributed by atoms with van der Waals surface area (Å²) in [6.07, 6.45) is 1.47. The van der Waals surface area contributed by atoms with Gasteiger partial charge in [-0.05, 0) is 24.4 Å². The molecule has 0 radical (unpaired) electrons. The van der Waals surface area contributed by atoms with E-state index in [9.17, 15) is 8.78 Å². The highest BCUT2D eigenvalue weighted by atomic mass is 32.1. The molecule has 0 amide bonds. The van der Waals surface area contributed by atoms with Crippen molar-refractivity contribution < 1.29 is 27.7 Å². The second kappa shape index (κ2) is 11.6. The fourth-order valence-electron chi connectivity index (χ4n) is 2.54. The van der Waals surface area contributed by atoms with Gasteiger partial charge in [0.25, 0.3) is 0 Å². The fourth-order valence-corrected chi connectivity index (χ4v) is 2.69. The molecule has 2 N–H and O–H groups in total. The third-order valence-corrected chi connectivity index (χ3v) is 4.12. The number of benzene rings is 1. The summed E-state index contributed by atoms with van der Waals surface area (Å²) in [6, 6.07) is 3.00. The van der Waals surface area contributed by atoms with Crippen LogP contribution in [0.15, 0.2) is 17.2 Å². The Balaban J connectivity index is 1.87. The molecule has 1 saturated heterocycles. The van der Waals surface area contributed by atoms with Crippen molar-refractivity contribution in [2.75, 3.05) is 53.6 Å². The van der Waals surface area contributed by atoms with Gasteiger partial charge in [0.1, 0.15) is 0 Å². The molecular weight excluding hydrogens is 394 g/mol. The van der Waals surface area contributed by atoms with E-state index in [-0.39, 0.29) is 17.2 Å². The highest BCUT2D eigenvalue weighted by Crippen LogP contribution is 2.39. The zero-order valence-corrected chi connectivity index (χ0v) is 16.6. The van der Waals surface area contributed by atoms with E-state index in [1.54, 1.807) is 0 Å². The van der Waals surface area contributed by atoms with Gasteiger partial charge >= 0.3 is 6.61 Å². The van der Waals surface area contributed by atoms with Crippen molar-refractivity contribution in [3.8, 4) is 17.2 Å². The zero-order chi connectivity index (χ0) is 20.4. The van der Waals surface area contributed by atoms with Gasteiger partial charge in [-0.1, -0.05) is 0 Å². The Morgan fingerprint density at radius 2 is 1.93 bits per heavy atom. The summed E-state index contributed by atoms with van der Waals surface area (Å²) in [4.78, 5) is 2.28. The molecule has 0 saturated carbocycles. The van der Waals surface area contributed by atoms with Gasteiger partial charge in [-0.25, -0.2) is 0 Å². The Bertz CT molecular complexity index is 648. The Morgan fingerprint density at radius 1 is 1.29 bits per heavy atom. The van der Waals surface area contributed by atoms with Crippen LogP contribution in [0.3, 0.4) is 0 Å². The van der Waals surface area contributed by atoms with Crippen LogP contribution in [0.2, 0.25) is 0 Å². The smallest absolute Gasteiger partial charge is 0.387 e. The first-order chi connectivity index (χ1) is 13.5. The molecule has 156 valence electrons. The number of hydrazone groups is 1. The second-order valence-corrected chi connectivity index (χ2v) is 6.12. The highest BCUT2D eigenvalue weighted by Gasteiger charge is 2.17. The van der Waals surface area contributed by atoms with Gasteiger partial charge in [-0.15, -0.1) is 0 Å². The van der Waals surface area contributed by atoms with Crippen LogP contribution >= 0.6 is 12.2 Å². The maximum atomic E-state index is 12.6. The highest BCUT2D eigenvalue weighted by molar-refractivity contribution is 7.80. The predicted octanol–water partition coefficient (Wildman–Crippen LogP) is 1.44. The minimum atomic E-state index is -3.00. The average Bonchev–Trinajstić information content (AvgIpc) is 2.69. The molecule has 1 aromatic carbocycles. The maximum Gasteiger partial charge on any atom is 0.387 e. The number of nitrogens with zero attached hydrogens (tertiary/aromatic N) is 2. The first-order valence-electron chi connectivity index (χ1n) is 8.61. The summed E-state index contributed by atoms with van der Waals surface area (Å²) < 4.78 is 45.1. The molecular formula is C17H24F2N4O4S. The van der Waals surface area contributed by atoms with Crippen molar-refractivity contribution in [1.82, 2.24) is 15.6 Å². The molecule has 1 fully saturated rings. The number of nitrogens with one attached hydrogen (secondary N) is 2. The second-order valence-electron chi connectivity index (χ2n) is 5.71. The normalized spacial score (nSPS) is 14.9. The topological polar surface area (TPSA) is 76.6 Å². The SMILES string of the molecule is COc1cc(/C=N\NC(=S)NCCN2CCOCC2)cc(OC)c1OC(F)F. The fraction of sp³-hybridized carbons (Fsp3) is 0.529. The lowest BCUT2D eigenvalue weighted by atomic mass is 10.2. The summed E-state index contributed by atoms with van der Waals surface area (Å²) in [5.41, 5.74) is 3.26. The van der Waals surface area contributed by atoms with E-state index in [0.29, 0.717) is 17.2 Å². The lowest BCUT2D eigenvalue weighted by Gasteiger charge is -2.26. The molecule has 11 heteroatoms. The van der Waals surface area contributed by atoms with E-state index in [1.165, 1.54) is 32.6 Å². The lowest BCUT2D eigenvalue weighted by molar-refractivity contribution is -0.0526. The molecule has 1 aromatic rings. The quantitative estimate of drug-likeness (QED) is 0.355. The van der Waals surface area contributed by atoms with Crippen LogP contribution in [-0.4, -0.2) is 76.5 Å². The van der Waals surface area contributed by atoms with Crippen LogP contribution < -0.4 is 25.0 Å². The minimum absolute atomic E-state index is 0.104. The van der Waals surface area contributed by atoms with Gasteiger partial charge in [0, 0.05) is 31.7 Å². The number of rotatable bonds is 9. The van der Waals surface area contributed by atoms with E-state index < -0.39 is 6.61 Å². The first-order valence-corrected chi connectivity index (χ1v) is 9.02. The van der Waals surface area contributed by atoms with E-state index in [0.717, 1.165) is 32.8 Å². The molecule has 0 aliphatic carbocycles. The molecule has 2 rings (SSSR count). The van der Waals surface area contributed by atoms with Crippen molar-refractivity contribution in [3.63, 3.8) is 0 Å². The first kappa shape index (κ1) is 22.1. The van der Waals surface area contributed by atoms with Crippen LogP contribution in [0.25, 0.3) is 0 Å². The van der Waals surface area contributed by atoms with Crippen molar-refractivity contribution >= 4 is 23.5 Å². The third-order valence-electron chi connectivity index (χ3n) is 3.89. The standard InChI is InChI=1S/C17H24F2N4O4S/c1-24-13-9-12(10-14(25-2)15(13)27-16(18)19)11-21-22-17(28)20-3-4-23-5-7-26-8-6-23/h9-11,16H,3-8H2,1-2H3,(H2,20,22,28)/b21-11-. The van der Waals surface area contributed by atoms with Crippen LogP contribution in [0, 0.1) is 0 Å². The summed E-state index contributed by atoms with van der Waals surface area (Å²) >= 11 is 5.17. The van der Waals surface area contributed by atoms with Gasteiger partial charge in [-0.3, -0.25) is 10.3 Å². The molecule has 0 aromatic heterocycles. The number of hydrogen-bond donors (Lipinski definition) is 2. The van der Waals surface area contributed by atoms with Gasteiger partial charge in [0.05, 0.1) is 33.6 Å². The molecule has 0 bridgehead atoms. The van der Waals surface area contributed by atoms with Gasteiger partial charge in [-0.2, -0.15) is 13.9 Å². The van der Waals surface area contributed by atoms with Crippen LogP contribution in [-0.2, 0) is 4.74 Å². The predicted molar refractivity (Wildman–Crippen MR) is 105 cm³/mol. The van der Waals surface area contributed by atoms with Gasteiger partial charge < -0.3 is 24.3 Å². The maximum absolute atomic E-state index is 12.6. The van der Waals surface area contributed by atoms with E-state index in [4.69, 9.17) is 26.4 Å². The molecule has 28 heavy (non-hydrogen) atoms. The minimum Gasteiger partial charge on any atom is -0.493 e. The number of hydrogen-bond acceptors (Lipinski definition) is 7. The Morgan fingerprint density at radius 3 is 2.50 bits per heavy atom. The van der Waals surface area contributed by atoms with E-state index in [1.807, 2.05) is 0 Å². The van der Waals surface area contributed by atoms with Crippen LogP contribution in [0.1, 0.15) is 5.56 Å². The van der Waals surface area contributed by atoms with E-state index in [2.05, 4.69) is 25.5 Å². The number of thiocarbonyl (C=S) groups is 1. The molecule has 0 unspecified atom stereocenters. The van der Waals surface area contributed by atoms with Crippen molar-refractivity contribution in [1.29, 1.82) is 0 Å². The molecule has 8 nitrogen and oxygen atoms in total. The number of methoxy groups -OCH3 is 2. The van der Waals surface area contributed by atoms with Gasteiger partial charge in [0.15, 0.2) is 16.6 Å². The lowest BCUT2D eigenvalue weighted by Crippen LogP contribution is -2.42. The zero-order valence-electron chi connectivity index (χ0n) is 15.7. The Kier molecular flexibility index (Phi) is 9.11. The molecule has 1 aliphatic heterocycles.